The van der Waals surface area contributed by atoms with Gasteiger partial charge in [-0.25, -0.2) is 0 Å². The lowest BCUT2D eigenvalue weighted by Gasteiger charge is -2.22. The summed E-state index contributed by atoms with van der Waals surface area (Å²) in [5.41, 5.74) is 3.58. The highest BCUT2D eigenvalue weighted by Gasteiger charge is 2.10. The van der Waals surface area contributed by atoms with Gasteiger partial charge in [-0.2, -0.15) is 0 Å². The lowest BCUT2D eigenvalue weighted by atomic mass is 10.1. The Kier molecular flexibility index (Phi) is 6.52. The third kappa shape index (κ3) is 5.21. The zero-order chi connectivity index (χ0) is 15.1. The van der Waals surface area contributed by atoms with E-state index in [-0.39, 0.29) is 5.91 Å². The fourth-order valence-electron chi connectivity index (χ4n) is 2.10. The maximum Gasteiger partial charge on any atom is 0.239 e. The van der Waals surface area contributed by atoms with Gasteiger partial charge in [0, 0.05) is 26.3 Å². The zero-order valence-corrected chi connectivity index (χ0v) is 13.3. The van der Waals surface area contributed by atoms with Gasteiger partial charge in [0.05, 0.1) is 6.54 Å². The molecule has 0 aliphatic carbocycles. The first-order valence-electron chi connectivity index (χ1n) is 7.16. The lowest BCUT2D eigenvalue weighted by Crippen LogP contribution is -2.33. The summed E-state index contributed by atoms with van der Waals surface area (Å²) in [5.74, 6) is 0.654. The van der Waals surface area contributed by atoms with Gasteiger partial charge >= 0.3 is 0 Å². The van der Waals surface area contributed by atoms with Crippen molar-refractivity contribution in [3.8, 4) is 0 Å². The second-order valence-corrected chi connectivity index (χ2v) is 5.69. The molecule has 0 radical (unpaired) electrons. The first kappa shape index (κ1) is 16.5. The van der Waals surface area contributed by atoms with Crippen LogP contribution in [-0.2, 0) is 11.3 Å². The van der Waals surface area contributed by atoms with E-state index in [9.17, 15) is 4.79 Å². The normalized spacial score (nSPS) is 10.7. The molecular weight excluding hydrogens is 250 g/mol. The Balaban J connectivity index is 2.80. The number of nitrogens with one attached hydrogen (secondary N) is 2. The van der Waals surface area contributed by atoms with E-state index in [4.69, 9.17) is 0 Å². The van der Waals surface area contributed by atoms with Crippen LogP contribution in [0.2, 0.25) is 0 Å². The molecule has 0 aliphatic rings. The molecule has 112 valence electrons. The van der Waals surface area contributed by atoms with Gasteiger partial charge in [-0.05, 0) is 31.0 Å². The first-order valence-corrected chi connectivity index (χ1v) is 7.16. The molecule has 0 fully saturated rings. The molecule has 1 aromatic rings. The molecule has 2 N–H and O–H groups in total. The molecule has 0 saturated carbocycles. The van der Waals surface area contributed by atoms with Crippen molar-refractivity contribution in [1.29, 1.82) is 0 Å². The summed E-state index contributed by atoms with van der Waals surface area (Å²) in [6.07, 6.45) is 0. The summed E-state index contributed by atoms with van der Waals surface area (Å²) in [6, 6.07) is 6.36. The average molecular weight is 277 g/mol. The van der Waals surface area contributed by atoms with Crippen molar-refractivity contribution < 1.29 is 4.79 Å². The average Bonchev–Trinajstić information content (AvgIpc) is 2.38. The second kappa shape index (κ2) is 7.90. The van der Waals surface area contributed by atoms with E-state index in [2.05, 4.69) is 49.6 Å². The third-order valence-corrected chi connectivity index (χ3v) is 3.17. The van der Waals surface area contributed by atoms with E-state index in [1.54, 1.807) is 7.05 Å². The maximum atomic E-state index is 11.5. The zero-order valence-electron chi connectivity index (χ0n) is 13.3. The number of hydrogen-bond acceptors (Lipinski definition) is 3. The van der Waals surface area contributed by atoms with Gasteiger partial charge in [-0.15, -0.1) is 0 Å². The van der Waals surface area contributed by atoms with E-state index in [0.717, 1.165) is 18.8 Å². The minimum Gasteiger partial charge on any atom is -0.365 e. The van der Waals surface area contributed by atoms with Crippen molar-refractivity contribution in [2.45, 2.75) is 27.3 Å². The van der Waals surface area contributed by atoms with Crippen LogP contribution in [0.1, 0.15) is 25.0 Å². The van der Waals surface area contributed by atoms with Crippen molar-refractivity contribution in [2.75, 3.05) is 32.1 Å². The Bertz CT molecular complexity index is 443. The van der Waals surface area contributed by atoms with Crippen molar-refractivity contribution >= 4 is 11.6 Å². The van der Waals surface area contributed by atoms with Crippen LogP contribution in [0.5, 0.6) is 0 Å². The van der Waals surface area contributed by atoms with Crippen LogP contribution in [0.4, 0.5) is 5.69 Å². The predicted octanol–water partition coefficient (Wildman–Crippen LogP) is 1.92. The Morgan fingerprint density at radius 2 is 2.05 bits per heavy atom. The lowest BCUT2D eigenvalue weighted by molar-refractivity contribution is -0.119. The maximum absolute atomic E-state index is 11.5. The van der Waals surface area contributed by atoms with E-state index in [0.29, 0.717) is 12.5 Å². The van der Waals surface area contributed by atoms with E-state index in [1.165, 1.54) is 11.1 Å². The first-order chi connectivity index (χ1) is 9.43. The van der Waals surface area contributed by atoms with Gasteiger partial charge in [-0.3, -0.25) is 4.79 Å². The van der Waals surface area contributed by atoms with Gasteiger partial charge < -0.3 is 15.5 Å². The standard InChI is InChI=1S/C16H27N3O/c1-12(2)9-18-10-14-8-13(3)6-7-15(14)19(5)11-16(20)17-4/h6-8,12,18H,9-11H2,1-5H3,(H,17,20). The molecule has 0 spiro atoms. The molecule has 1 aromatic carbocycles. The fourth-order valence-corrected chi connectivity index (χ4v) is 2.10. The molecule has 0 aromatic heterocycles. The summed E-state index contributed by atoms with van der Waals surface area (Å²) in [6.45, 7) is 8.68. The molecule has 1 amide bonds. The minimum absolute atomic E-state index is 0.0224. The smallest absolute Gasteiger partial charge is 0.239 e. The highest BCUT2D eigenvalue weighted by molar-refractivity contribution is 5.81. The van der Waals surface area contributed by atoms with Gasteiger partial charge in [0.15, 0.2) is 0 Å². The van der Waals surface area contributed by atoms with Crippen molar-refractivity contribution in [1.82, 2.24) is 10.6 Å². The number of carbonyl (C=O) groups is 1. The molecule has 1 rings (SSSR count). The molecule has 0 saturated heterocycles. The van der Waals surface area contributed by atoms with E-state index >= 15 is 0 Å². The molecular formula is C16H27N3O. The number of rotatable bonds is 7. The number of amides is 1. The molecule has 0 heterocycles. The summed E-state index contributed by atoms with van der Waals surface area (Å²) < 4.78 is 0. The number of likely N-dealkylation sites (N-methyl/N-ethyl adjacent to an activating group) is 2. The van der Waals surface area contributed by atoms with Crippen molar-refractivity contribution in [2.24, 2.45) is 5.92 Å². The van der Waals surface area contributed by atoms with Crippen LogP contribution in [-0.4, -0.2) is 33.1 Å². The van der Waals surface area contributed by atoms with E-state index in [1.807, 2.05) is 11.9 Å². The fraction of sp³-hybridized carbons (Fsp3) is 0.562. The van der Waals surface area contributed by atoms with Crippen LogP contribution in [0.15, 0.2) is 18.2 Å². The molecule has 4 heteroatoms. The molecule has 0 aliphatic heterocycles. The molecule has 4 nitrogen and oxygen atoms in total. The van der Waals surface area contributed by atoms with Gasteiger partial charge in [0.2, 0.25) is 5.91 Å². The summed E-state index contributed by atoms with van der Waals surface area (Å²) in [4.78, 5) is 13.5. The quantitative estimate of drug-likeness (QED) is 0.800. The predicted molar refractivity (Wildman–Crippen MR) is 85.1 cm³/mol. The Labute approximate surface area is 122 Å². The number of hydrogen-bond donors (Lipinski definition) is 2. The number of carbonyl (C=O) groups excluding carboxylic acids is 1. The minimum atomic E-state index is 0.0224. The Morgan fingerprint density at radius 3 is 2.65 bits per heavy atom. The summed E-state index contributed by atoms with van der Waals surface area (Å²) in [7, 11) is 3.61. The third-order valence-electron chi connectivity index (χ3n) is 3.17. The van der Waals surface area contributed by atoms with Gasteiger partial charge in [-0.1, -0.05) is 31.5 Å². The topological polar surface area (TPSA) is 44.4 Å². The highest BCUT2D eigenvalue weighted by atomic mass is 16.1. The van der Waals surface area contributed by atoms with Crippen molar-refractivity contribution in [3.63, 3.8) is 0 Å². The largest absolute Gasteiger partial charge is 0.365 e. The summed E-state index contributed by atoms with van der Waals surface area (Å²) in [5, 5.41) is 6.12. The molecule has 0 bridgehead atoms. The second-order valence-electron chi connectivity index (χ2n) is 5.69. The number of anilines is 1. The molecule has 20 heavy (non-hydrogen) atoms. The van der Waals surface area contributed by atoms with Crippen molar-refractivity contribution in [3.05, 3.63) is 29.3 Å². The van der Waals surface area contributed by atoms with Gasteiger partial charge in [0.1, 0.15) is 0 Å². The number of aryl methyl sites for hydroxylation is 1. The monoisotopic (exact) mass is 277 g/mol. The van der Waals surface area contributed by atoms with Crippen LogP contribution in [0, 0.1) is 12.8 Å². The van der Waals surface area contributed by atoms with E-state index < -0.39 is 0 Å². The van der Waals surface area contributed by atoms with Gasteiger partial charge in [0.25, 0.3) is 0 Å². The molecule has 0 unspecified atom stereocenters. The number of nitrogens with zero attached hydrogens (tertiary/aromatic N) is 1. The van der Waals surface area contributed by atoms with Crippen LogP contribution < -0.4 is 15.5 Å². The highest BCUT2D eigenvalue weighted by Crippen LogP contribution is 2.21. The summed E-state index contributed by atoms with van der Waals surface area (Å²) >= 11 is 0. The Hall–Kier alpha value is -1.55. The van der Waals surface area contributed by atoms with Crippen LogP contribution in [0.3, 0.4) is 0 Å². The van der Waals surface area contributed by atoms with Crippen LogP contribution in [0.25, 0.3) is 0 Å². The molecule has 0 atom stereocenters. The number of benzene rings is 1. The SMILES string of the molecule is CNC(=O)CN(C)c1ccc(C)cc1CNCC(C)C. The van der Waals surface area contributed by atoms with Crippen LogP contribution >= 0.6 is 0 Å². The Morgan fingerprint density at radius 1 is 1.35 bits per heavy atom.